The average Bonchev–Trinajstić information content (AvgIpc) is 3.55. The number of rotatable bonds is 15. The molecule has 1 saturated heterocycles. The number of carbonyl (C=O) groups is 2. The minimum atomic E-state index is -1.21. The van der Waals surface area contributed by atoms with E-state index in [9.17, 15) is 4.79 Å². The highest BCUT2D eigenvalue weighted by atomic mass is 28.3. The van der Waals surface area contributed by atoms with E-state index >= 15 is 4.79 Å². The highest BCUT2D eigenvalue weighted by Crippen LogP contribution is 2.35. The smallest absolute Gasteiger partial charge is 0.260 e. The van der Waals surface area contributed by atoms with Crippen LogP contribution in [0.4, 0.5) is 11.4 Å². The van der Waals surface area contributed by atoms with Crippen LogP contribution in [0.15, 0.2) is 91.0 Å². The Balaban J connectivity index is 1.21. The normalized spacial score (nSPS) is 15.7. The van der Waals surface area contributed by atoms with Crippen LogP contribution in [0, 0.1) is 13.8 Å². The predicted molar refractivity (Wildman–Crippen MR) is 245 cm³/mol. The SMILES string of the molecule is COc1cccc(CN(C(=O)c2cc(-c3cc(N)ccc3C(=O)N3Cc4ccccc4C[C@H]3CN3CCOCC3)n(C)c2C)c2ccc(OCOCC[Si](C)(C)C)cc2)c1C. The Kier molecular flexibility index (Phi) is 13.7. The summed E-state index contributed by atoms with van der Waals surface area (Å²) >= 11 is 0. The van der Waals surface area contributed by atoms with E-state index in [2.05, 4.69) is 42.7 Å². The largest absolute Gasteiger partial charge is 0.496 e. The highest BCUT2D eigenvalue weighted by Gasteiger charge is 2.34. The third kappa shape index (κ3) is 10.2. The number of nitrogens with two attached hydrogens (primary N) is 1. The van der Waals surface area contributed by atoms with E-state index in [0.29, 0.717) is 66.7 Å². The Bertz CT molecular complexity index is 2330. The average molecular weight is 844 g/mol. The summed E-state index contributed by atoms with van der Waals surface area (Å²) in [5.74, 6) is 1.17. The van der Waals surface area contributed by atoms with Crippen LogP contribution >= 0.6 is 0 Å². The second-order valence-corrected chi connectivity index (χ2v) is 23.1. The van der Waals surface area contributed by atoms with Gasteiger partial charge in [-0.05, 0) is 103 Å². The standard InChI is InChI=1S/C49H61N5O6Si/c1-34-37(13-10-14-47(34)57-4)30-53(40-16-18-42(19-17-40)60-33-59-25-26-61(5,6)7)49(56)44-29-46(51(3)35(44)2)45-28-39(50)15-20-43(45)48(55)54-31-38-12-9-8-11-36(38)27-41(54)32-52-21-23-58-24-22-52/h8-20,28-29,41H,21-27,30-33,50H2,1-7H3/t41-/m0/s1. The number of methoxy groups -OCH3 is 1. The van der Waals surface area contributed by atoms with Gasteiger partial charge in [-0.1, -0.05) is 56.0 Å². The molecule has 2 aliphatic rings. The summed E-state index contributed by atoms with van der Waals surface area (Å²) < 4.78 is 25.0. The number of aromatic nitrogens is 1. The van der Waals surface area contributed by atoms with Crippen molar-refractivity contribution in [3.05, 3.63) is 130 Å². The van der Waals surface area contributed by atoms with Crippen LogP contribution in [0.1, 0.15) is 48.7 Å². The van der Waals surface area contributed by atoms with Crippen LogP contribution in [0.25, 0.3) is 11.3 Å². The van der Waals surface area contributed by atoms with Crippen LogP contribution in [-0.2, 0) is 36.0 Å². The number of hydrogen-bond donors (Lipinski definition) is 1. The second-order valence-electron chi connectivity index (χ2n) is 17.5. The first kappa shape index (κ1) is 43.7. The summed E-state index contributed by atoms with van der Waals surface area (Å²) in [5, 5.41) is 0. The molecular weight excluding hydrogens is 783 g/mol. The van der Waals surface area contributed by atoms with Gasteiger partial charge in [-0.3, -0.25) is 14.5 Å². The van der Waals surface area contributed by atoms with Gasteiger partial charge in [-0.2, -0.15) is 0 Å². The first-order chi connectivity index (χ1) is 29.3. The van der Waals surface area contributed by atoms with Crippen molar-refractivity contribution in [1.29, 1.82) is 0 Å². The summed E-state index contributed by atoms with van der Waals surface area (Å²) in [7, 11) is 2.38. The van der Waals surface area contributed by atoms with Gasteiger partial charge in [0.25, 0.3) is 11.8 Å². The Morgan fingerprint density at radius 2 is 1.64 bits per heavy atom. The fraction of sp³-hybridized carbons (Fsp3) is 0.388. The van der Waals surface area contributed by atoms with Crippen molar-refractivity contribution >= 4 is 31.3 Å². The lowest BCUT2D eigenvalue weighted by atomic mass is 9.92. The van der Waals surface area contributed by atoms with Gasteiger partial charge in [0.05, 0.1) is 32.4 Å². The topological polar surface area (TPSA) is 112 Å². The Morgan fingerprint density at radius 3 is 2.36 bits per heavy atom. The van der Waals surface area contributed by atoms with E-state index in [0.717, 1.165) is 65.9 Å². The van der Waals surface area contributed by atoms with Gasteiger partial charge in [0.2, 0.25) is 0 Å². The fourth-order valence-electron chi connectivity index (χ4n) is 8.28. The first-order valence-electron chi connectivity index (χ1n) is 21.3. The number of morpholine rings is 1. The first-order valence-corrected chi connectivity index (χ1v) is 25.0. The van der Waals surface area contributed by atoms with Crippen molar-refractivity contribution in [2.75, 3.05) is 64.0 Å². The molecule has 1 atom stereocenters. The minimum Gasteiger partial charge on any atom is -0.496 e. The van der Waals surface area contributed by atoms with E-state index in [1.54, 1.807) is 18.1 Å². The maximum absolute atomic E-state index is 15.0. The molecule has 0 aliphatic carbocycles. The van der Waals surface area contributed by atoms with Crippen LogP contribution in [0.2, 0.25) is 25.7 Å². The second kappa shape index (κ2) is 19.1. The van der Waals surface area contributed by atoms with Crippen LogP contribution in [0.5, 0.6) is 11.5 Å². The minimum absolute atomic E-state index is 0.0221. The van der Waals surface area contributed by atoms with Crippen molar-refractivity contribution in [2.45, 2.75) is 65.1 Å². The van der Waals surface area contributed by atoms with E-state index < -0.39 is 8.07 Å². The molecule has 2 N–H and O–H groups in total. The van der Waals surface area contributed by atoms with Gasteiger partial charge in [0, 0.05) is 87.8 Å². The molecule has 322 valence electrons. The molecule has 0 spiro atoms. The summed E-state index contributed by atoms with van der Waals surface area (Å²) in [6, 6.07) is 30.3. The third-order valence-electron chi connectivity index (χ3n) is 12.1. The lowest BCUT2D eigenvalue weighted by Crippen LogP contribution is -2.52. The summed E-state index contributed by atoms with van der Waals surface area (Å²) in [6.45, 7) is 16.4. The molecule has 1 aromatic heterocycles. The zero-order chi connectivity index (χ0) is 43.3. The molecule has 1 fully saturated rings. The van der Waals surface area contributed by atoms with E-state index in [1.807, 2.05) is 97.1 Å². The third-order valence-corrected chi connectivity index (χ3v) is 13.9. The predicted octanol–water partition coefficient (Wildman–Crippen LogP) is 8.34. The fourth-order valence-corrected chi connectivity index (χ4v) is 9.03. The van der Waals surface area contributed by atoms with Crippen LogP contribution in [0.3, 0.4) is 0 Å². The number of nitrogen functional groups attached to an aromatic ring is 1. The van der Waals surface area contributed by atoms with E-state index in [-0.39, 0.29) is 24.6 Å². The molecule has 4 aromatic carbocycles. The van der Waals surface area contributed by atoms with Crippen molar-refractivity contribution in [1.82, 2.24) is 14.4 Å². The lowest BCUT2D eigenvalue weighted by molar-refractivity contribution is 0.0192. The van der Waals surface area contributed by atoms with Crippen LogP contribution < -0.4 is 20.1 Å². The zero-order valence-electron chi connectivity index (χ0n) is 36.8. The van der Waals surface area contributed by atoms with Gasteiger partial charge in [0.15, 0.2) is 6.79 Å². The molecule has 5 aromatic rings. The molecule has 11 nitrogen and oxygen atoms in total. The monoisotopic (exact) mass is 843 g/mol. The maximum Gasteiger partial charge on any atom is 0.260 e. The summed E-state index contributed by atoms with van der Waals surface area (Å²) in [6.07, 6.45) is 0.772. The summed E-state index contributed by atoms with van der Waals surface area (Å²) in [4.78, 5) is 36.2. The molecule has 0 bridgehead atoms. The number of ether oxygens (including phenoxy) is 4. The number of anilines is 2. The number of fused-ring (bicyclic) bond motifs is 1. The molecule has 0 saturated carbocycles. The quantitative estimate of drug-likeness (QED) is 0.0485. The molecule has 61 heavy (non-hydrogen) atoms. The number of nitrogens with zero attached hydrogens (tertiary/aromatic N) is 4. The highest BCUT2D eigenvalue weighted by molar-refractivity contribution is 6.76. The van der Waals surface area contributed by atoms with Gasteiger partial charge in [-0.25, -0.2) is 0 Å². The lowest BCUT2D eigenvalue weighted by Gasteiger charge is -2.40. The van der Waals surface area contributed by atoms with Gasteiger partial charge >= 0.3 is 0 Å². The zero-order valence-corrected chi connectivity index (χ0v) is 37.8. The van der Waals surface area contributed by atoms with Gasteiger partial charge in [0.1, 0.15) is 11.5 Å². The van der Waals surface area contributed by atoms with Crippen molar-refractivity contribution < 1.29 is 28.5 Å². The number of carbonyl (C=O) groups excluding carboxylic acids is 2. The number of hydrogen-bond acceptors (Lipinski definition) is 8. The number of benzene rings is 4. The molecule has 12 heteroatoms. The molecular formula is C49H61N5O6Si. The van der Waals surface area contributed by atoms with Crippen molar-refractivity contribution in [2.24, 2.45) is 7.05 Å². The van der Waals surface area contributed by atoms with E-state index in [1.165, 1.54) is 5.56 Å². The molecule has 0 radical (unpaired) electrons. The number of amides is 2. The molecule has 2 amide bonds. The Hall–Kier alpha value is -5.40. The molecule has 2 aliphatic heterocycles. The van der Waals surface area contributed by atoms with Crippen LogP contribution in [-0.4, -0.2) is 93.7 Å². The Labute approximate surface area is 362 Å². The molecule has 0 unspecified atom stereocenters. The Morgan fingerprint density at radius 1 is 0.902 bits per heavy atom. The van der Waals surface area contributed by atoms with E-state index in [4.69, 9.17) is 24.7 Å². The van der Waals surface area contributed by atoms with Gasteiger partial charge in [-0.15, -0.1) is 0 Å². The van der Waals surface area contributed by atoms with Crippen molar-refractivity contribution in [3.63, 3.8) is 0 Å². The maximum atomic E-state index is 15.0. The molecule has 3 heterocycles. The van der Waals surface area contributed by atoms with Crippen molar-refractivity contribution in [3.8, 4) is 22.8 Å². The van der Waals surface area contributed by atoms with Gasteiger partial charge < -0.3 is 39.0 Å². The molecule has 7 rings (SSSR count). The summed E-state index contributed by atoms with van der Waals surface area (Å²) in [5.41, 5.74) is 15.3.